The molecule has 1 aromatic rings. The first-order valence-corrected chi connectivity index (χ1v) is 6.41. The number of likely N-dealkylation sites (N-methyl/N-ethyl adjacent to an activating group) is 1. The molecule has 2 unspecified atom stereocenters. The van der Waals surface area contributed by atoms with E-state index in [0.717, 1.165) is 17.7 Å². The third-order valence-corrected chi connectivity index (χ3v) is 3.20. The van der Waals surface area contributed by atoms with E-state index in [4.69, 9.17) is 9.47 Å². The van der Waals surface area contributed by atoms with E-state index < -0.39 is 0 Å². The summed E-state index contributed by atoms with van der Waals surface area (Å²) < 4.78 is 24.4. The van der Waals surface area contributed by atoms with Crippen LogP contribution in [0.25, 0.3) is 0 Å². The van der Waals surface area contributed by atoms with Crippen LogP contribution in [-0.2, 0) is 9.47 Å². The molecule has 0 saturated carbocycles. The Morgan fingerprint density at radius 1 is 1.44 bits per heavy atom. The van der Waals surface area contributed by atoms with Crippen molar-refractivity contribution < 1.29 is 13.9 Å². The Morgan fingerprint density at radius 3 is 2.89 bits per heavy atom. The van der Waals surface area contributed by atoms with E-state index in [1.807, 2.05) is 13.0 Å². The minimum Gasteiger partial charge on any atom is -0.376 e. The minimum atomic E-state index is -0.202. The van der Waals surface area contributed by atoms with Crippen molar-refractivity contribution in [1.82, 2.24) is 5.32 Å². The topological polar surface area (TPSA) is 30.5 Å². The minimum absolute atomic E-state index is 0.0112. The van der Waals surface area contributed by atoms with Crippen LogP contribution in [0.15, 0.2) is 18.2 Å². The van der Waals surface area contributed by atoms with E-state index in [1.54, 1.807) is 6.07 Å². The van der Waals surface area contributed by atoms with Gasteiger partial charge in [-0.15, -0.1) is 0 Å². The van der Waals surface area contributed by atoms with Gasteiger partial charge in [-0.3, -0.25) is 0 Å². The van der Waals surface area contributed by atoms with Gasteiger partial charge in [-0.1, -0.05) is 13.0 Å². The van der Waals surface area contributed by atoms with Crippen molar-refractivity contribution in [2.45, 2.75) is 26.0 Å². The van der Waals surface area contributed by atoms with E-state index in [2.05, 4.69) is 12.2 Å². The second-order valence-corrected chi connectivity index (χ2v) is 4.52. The number of rotatable bonds is 4. The molecule has 0 amide bonds. The summed E-state index contributed by atoms with van der Waals surface area (Å²) in [5.41, 5.74) is 2.02. The van der Waals surface area contributed by atoms with Crippen molar-refractivity contribution in [3.8, 4) is 0 Å². The number of halogens is 1. The number of hydrogen-bond donors (Lipinski definition) is 1. The number of ether oxygens (including phenoxy) is 2. The van der Waals surface area contributed by atoms with Crippen molar-refractivity contribution >= 4 is 0 Å². The summed E-state index contributed by atoms with van der Waals surface area (Å²) >= 11 is 0. The zero-order valence-electron chi connectivity index (χ0n) is 10.9. The first-order chi connectivity index (χ1) is 8.72. The fraction of sp³-hybridized carbons (Fsp3) is 0.571. The molecule has 4 heteroatoms. The first-order valence-electron chi connectivity index (χ1n) is 6.41. The molecule has 1 fully saturated rings. The Kier molecular flexibility index (Phi) is 4.69. The number of hydrogen-bond acceptors (Lipinski definition) is 3. The number of benzene rings is 1. The fourth-order valence-electron chi connectivity index (χ4n) is 2.35. The van der Waals surface area contributed by atoms with Gasteiger partial charge in [0, 0.05) is 0 Å². The molecule has 2 rings (SSSR count). The average molecular weight is 253 g/mol. The Hall–Kier alpha value is -0.970. The lowest BCUT2D eigenvalue weighted by molar-refractivity contribution is -0.102. The van der Waals surface area contributed by atoms with Crippen LogP contribution in [0.1, 0.15) is 24.1 Å². The molecule has 1 saturated heterocycles. The predicted molar refractivity (Wildman–Crippen MR) is 68.1 cm³/mol. The summed E-state index contributed by atoms with van der Waals surface area (Å²) in [7, 11) is 0. The van der Waals surface area contributed by atoms with E-state index in [1.165, 1.54) is 6.07 Å². The monoisotopic (exact) mass is 253 g/mol. The largest absolute Gasteiger partial charge is 0.376 e. The Balaban J connectivity index is 2.22. The Labute approximate surface area is 107 Å². The maximum Gasteiger partial charge on any atom is 0.123 e. The molecular formula is C14H20FNO2. The highest BCUT2D eigenvalue weighted by atomic mass is 19.1. The average Bonchev–Trinajstić information content (AvgIpc) is 2.38. The van der Waals surface area contributed by atoms with Crippen LogP contribution in [0.2, 0.25) is 0 Å². The van der Waals surface area contributed by atoms with Crippen molar-refractivity contribution in [3.05, 3.63) is 35.1 Å². The molecule has 18 heavy (non-hydrogen) atoms. The highest BCUT2D eigenvalue weighted by Crippen LogP contribution is 2.25. The summed E-state index contributed by atoms with van der Waals surface area (Å²) in [6.45, 7) is 6.66. The third-order valence-electron chi connectivity index (χ3n) is 3.20. The van der Waals surface area contributed by atoms with Crippen LogP contribution < -0.4 is 5.32 Å². The molecule has 2 atom stereocenters. The third kappa shape index (κ3) is 3.07. The molecule has 3 nitrogen and oxygen atoms in total. The maximum absolute atomic E-state index is 13.2. The molecular weight excluding hydrogens is 233 g/mol. The van der Waals surface area contributed by atoms with E-state index in [9.17, 15) is 4.39 Å². The van der Waals surface area contributed by atoms with Crippen LogP contribution in [0.3, 0.4) is 0 Å². The van der Waals surface area contributed by atoms with Gasteiger partial charge in [0.25, 0.3) is 0 Å². The highest BCUT2D eigenvalue weighted by molar-refractivity contribution is 5.30. The molecule has 100 valence electrons. The van der Waals surface area contributed by atoms with Gasteiger partial charge in [0.1, 0.15) is 11.9 Å². The van der Waals surface area contributed by atoms with Crippen molar-refractivity contribution in [1.29, 1.82) is 0 Å². The highest BCUT2D eigenvalue weighted by Gasteiger charge is 2.27. The summed E-state index contributed by atoms with van der Waals surface area (Å²) in [5, 5.41) is 3.40. The Morgan fingerprint density at radius 2 is 2.28 bits per heavy atom. The molecule has 0 aromatic heterocycles. The van der Waals surface area contributed by atoms with E-state index in [-0.39, 0.29) is 18.0 Å². The van der Waals surface area contributed by atoms with Gasteiger partial charge in [0.05, 0.1) is 25.9 Å². The van der Waals surface area contributed by atoms with E-state index >= 15 is 0 Å². The molecule has 1 aromatic carbocycles. The lowest BCUT2D eigenvalue weighted by Gasteiger charge is -2.32. The van der Waals surface area contributed by atoms with Gasteiger partial charge in [-0.25, -0.2) is 4.39 Å². The molecule has 1 aliphatic heterocycles. The van der Waals surface area contributed by atoms with Crippen LogP contribution in [0, 0.1) is 12.7 Å². The van der Waals surface area contributed by atoms with Crippen LogP contribution in [0.4, 0.5) is 4.39 Å². The first kappa shape index (κ1) is 13.5. The van der Waals surface area contributed by atoms with Gasteiger partial charge in [-0.05, 0) is 36.7 Å². The predicted octanol–water partition coefficient (Wildman–Crippen LogP) is 2.20. The summed E-state index contributed by atoms with van der Waals surface area (Å²) in [5.74, 6) is -0.202. The van der Waals surface area contributed by atoms with Crippen LogP contribution >= 0.6 is 0 Å². The molecule has 1 N–H and O–H groups in total. The molecule has 0 aliphatic carbocycles. The lowest BCUT2D eigenvalue weighted by atomic mass is 9.96. The second kappa shape index (κ2) is 6.27. The van der Waals surface area contributed by atoms with Gasteiger partial charge in [0.2, 0.25) is 0 Å². The van der Waals surface area contributed by atoms with Crippen LogP contribution in [0.5, 0.6) is 0 Å². The van der Waals surface area contributed by atoms with Crippen molar-refractivity contribution in [2.24, 2.45) is 0 Å². The fourth-order valence-corrected chi connectivity index (χ4v) is 2.35. The number of aryl methyl sites for hydroxylation is 1. The van der Waals surface area contributed by atoms with E-state index in [0.29, 0.717) is 19.8 Å². The summed E-state index contributed by atoms with van der Waals surface area (Å²) in [6, 6.07) is 4.94. The zero-order valence-corrected chi connectivity index (χ0v) is 10.9. The normalized spacial score (nSPS) is 21.8. The van der Waals surface area contributed by atoms with Crippen LogP contribution in [-0.4, -0.2) is 32.5 Å². The zero-order chi connectivity index (χ0) is 13.0. The van der Waals surface area contributed by atoms with Gasteiger partial charge in [0.15, 0.2) is 0 Å². The standard InChI is InChI=1S/C14H20FNO2/c1-3-16-14(13-9-17-6-7-18-13)12-5-4-11(15)8-10(12)2/h4-5,8,13-14,16H,3,6-7,9H2,1-2H3. The molecule has 0 radical (unpaired) electrons. The molecule has 1 aliphatic rings. The number of nitrogens with one attached hydrogen (secondary N) is 1. The molecule has 0 bridgehead atoms. The van der Waals surface area contributed by atoms with Gasteiger partial charge in [-0.2, -0.15) is 0 Å². The molecule has 1 heterocycles. The van der Waals surface area contributed by atoms with Gasteiger partial charge < -0.3 is 14.8 Å². The Bertz CT molecular complexity index is 391. The van der Waals surface area contributed by atoms with Gasteiger partial charge >= 0.3 is 0 Å². The lowest BCUT2D eigenvalue weighted by Crippen LogP contribution is -2.40. The van der Waals surface area contributed by atoms with Crippen molar-refractivity contribution in [3.63, 3.8) is 0 Å². The smallest absolute Gasteiger partial charge is 0.123 e. The maximum atomic E-state index is 13.2. The van der Waals surface area contributed by atoms with Crippen molar-refractivity contribution in [2.75, 3.05) is 26.4 Å². The summed E-state index contributed by atoms with van der Waals surface area (Å²) in [4.78, 5) is 0. The second-order valence-electron chi connectivity index (χ2n) is 4.52. The summed E-state index contributed by atoms with van der Waals surface area (Å²) in [6.07, 6.45) is -0.0112. The SMILES string of the molecule is CCNC(c1ccc(F)cc1C)C1COCCO1. The quantitative estimate of drug-likeness (QED) is 0.892. The molecule has 0 spiro atoms.